The van der Waals surface area contributed by atoms with Gasteiger partial charge in [0.2, 0.25) is 5.91 Å². The highest BCUT2D eigenvalue weighted by molar-refractivity contribution is 5.95. The van der Waals surface area contributed by atoms with Gasteiger partial charge in [0.1, 0.15) is 5.75 Å². The third-order valence-corrected chi connectivity index (χ3v) is 4.74. The van der Waals surface area contributed by atoms with E-state index in [0.717, 1.165) is 48.1 Å². The molecule has 2 heterocycles. The monoisotopic (exact) mass is 300 g/mol. The zero-order valence-corrected chi connectivity index (χ0v) is 13.6. The Kier molecular flexibility index (Phi) is 3.85. The fraction of sp³-hybridized carbons (Fsp3) is 0.500. The van der Waals surface area contributed by atoms with Crippen molar-refractivity contribution in [2.24, 2.45) is 0 Å². The Morgan fingerprint density at radius 1 is 1.23 bits per heavy atom. The first kappa shape index (κ1) is 14.9. The van der Waals surface area contributed by atoms with Crippen LogP contribution in [0.3, 0.4) is 0 Å². The van der Waals surface area contributed by atoms with Crippen LogP contribution in [0, 0.1) is 0 Å². The van der Waals surface area contributed by atoms with Crippen LogP contribution in [0.5, 0.6) is 5.75 Å². The van der Waals surface area contributed by atoms with E-state index in [2.05, 4.69) is 4.98 Å². The zero-order valence-electron chi connectivity index (χ0n) is 13.6. The molecule has 1 N–H and O–H groups in total. The summed E-state index contributed by atoms with van der Waals surface area (Å²) in [7, 11) is 1.66. The van der Waals surface area contributed by atoms with Crippen molar-refractivity contribution in [2.45, 2.75) is 38.5 Å². The van der Waals surface area contributed by atoms with Gasteiger partial charge in [0.25, 0.3) is 0 Å². The molecule has 1 aromatic heterocycles. The summed E-state index contributed by atoms with van der Waals surface area (Å²) in [4.78, 5) is 18.3. The highest BCUT2D eigenvalue weighted by Crippen LogP contribution is 2.34. The summed E-state index contributed by atoms with van der Waals surface area (Å²) in [6, 6.07) is 5.94. The Morgan fingerprint density at radius 3 is 2.64 bits per heavy atom. The molecule has 4 nitrogen and oxygen atoms in total. The molecule has 1 fully saturated rings. The van der Waals surface area contributed by atoms with Gasteiger partial charge in [-0.3, -0.25) is 4.79 Å². The van der Waals surface area contributed by atoms with Crippen LogP contribution in [-0.2, 0) is 10.2 Å². The first-order valence-corrected chi connectivity index (χ1v) is 7.99. The van der Waals surface area contributed by atoms with Crippen molar-refractivity contribution >= 4 is 16.8 Å². The number of amides is 1. The van der Waals surface area contributed by atoms with Crippen LogP contribution in [-0.4, -0.2) is 36.0 Å². The fourth-order valence-electron chi connectivity index (χ4n) is 3.35. The summed E-state index contributed by atoms with van der Waals surface area (Å²) in [5.74, 6) is 1.03. The summed E-state index contributed by atoms with van der Waals surface area (Å²) in [5.41, 5.74) is 1.54. The van der Waals surface area contributed by atoms with Crippen molar-refractivity contribution < 1.29 is 9.53 Å². The molecule has 1 aromatic carbocycles. The summed E-state index contributed by atoms with van der Waals surface area (Å²) in [6.45, 7) is 5.81. The van der Waals surface area contributed by atoms with Crippen molar-refractivity contribution in [3.63, 3.8) is 0 Å². The minimum absolute atomic E-state index is 0.218. The van der Waals surface area contributed by atoms with E-state index in [-0.39, 0.29) is 5.91 Å². The normalized spacial score (nSPS) is 16.0. The second-order valence-corrected chi connectivity index (χ2v) is 6.59. The second-order valence-electron chi connectivity index (χ2n) is 6.59. The molecule has 22 heavy (non-hydrogen) atoms. The van der Waals surface area contributed by atoms with E-state index in [4.69, 9.17) is 4.74 Å². The summed E-state index contributed by atoms with van der Waals surface area (Å²) in [5, 5.41) is 1.06. The Hall–Kier alpha value is -1.97. The van der Waals surface area contributed by atoms with Crippen molar-refractivity contribution in [1.82, 2.24) is 9.88 Å². The van der Waals surface area contributed by atoms with Crippen LogP contribution in [0.2, 0.25) is 0 Å². The Morgan fingerprint density at radius 2 is 1.95 bits per heavy atom. The molecule has 0 atom stereocenters. The second kappa shape index (κ2) is 5.67. The number of aromatic nitrogens is 1. The number of hydrogen-bond donors (Lipinski definition) is 1. The Balaban J connectivity index is 1.98. The predicted molar refractivity (Wildman–Crippen MR) is 88.3 cm³/mol. The van der Waals surface area contributed by atoms with Crippen molar-refractivity contribution in [1.29, 1.82) is 0 Å². The van der Waals surface area contributed by atoms with Gasteiger partial charge in [-0.2, -0.15) is 0 Å². The maximum atomic E-state index is 13.0. The molecule has 0 radical (unpaired) electrons. The Bertz CT molecular complexity index is 681. The number of aromatic amines is 1. The topological polar surface area (TPSA) is 45.3 Å². The van der Waals surface area contributed by atoms with Gasteiger partial charge in [-0.05, 0) is 56.9 Å². The predicted octanol–water partition coefficient (Wildman–Crippen LogP) is 3.47. The average Bonchev–Trinajstić information content (AvgIpc) is 2.98. The smallest absolute Gasteiger partial charge is 0.232 e. The van der Waals surface area contributed by atoms with Gasteiger partial charge in [-0.25, -0.2) is 0 Å². The molecule has 0 aliphatic carbocycles. The number of H-pyrrole nitrogens is 1. The van der Waals surface area contributed by atoms with Crippen LogP contribution in [0.4, 0.5) is 0 Å². The minimum Gasteiger partial charge on any atom is -0.497 e. The molecule has 0 saturated carbocycles. The quantitative estimate of drug-likeness (QED) is 0.943. The van der Waals surface area contributed by atoms with E-state index < -0.39 is 5.41 Å². The highest BCUT2D eigenvalue weighted by atomic mass is 16.5. The largest absolute Gasteiger partial charge is 0.497 e. The lowest BCUT2D eigenvalue weighted by Crippen LogP contribution is -2.45. The molecule has 0 spiro atoms. The number of carbonyl (C=O) groups excluding carboxylic acids is 1. The molecule has 4 heteroatoms. The van der Waals surface area contributed by atoms with Gasteiger partial charge in [-0.1, -0.05) is 0 Å². The third-order valence-electron chi connectivity index (χ3n) is 4.74. The minimum atomic E-state index is -0.540. The molecule has 1 aliphatic heterocycles. The van der Waals surface area contributed by atoms with E-state index in [1.807, 2.05) is 43.1 Å². The highest BCUT2D eigenvalue weighted by Gasteiger charge is 2.36. The van der Waals surface area contributed by atoms with E-state index in [1.54, 1.807) is 7.11 Å². The molecule has 1 amide bonds. The van der Waals surface area contributed by atoms with Gasteiger partial charge in [-0.15, -0.1) is 0 Å². The summed E-state index contributed by atoms with van der Waals surface area (Å²) in [6.07, 6.45) is 5.42. The number of hydrogen-bond acceptors (Lipinski definition) is 2. The molecule has 0 unspecified atom stereocenters. The number of nitrogens with zero attached hydrogens (tertiary/aromatic N) is 1. The number of methoxy groups -OCH3 is 1. The lowest BCUT2D eigenvalue weighted by molar-refractivity contribution is -0.137. The molecular formula is C18H24N2O2. The van der Waals surface area contributed by atoms with Crippen LogP contribution >= 0.6 is 0 Å². The molecule has 1 saturated heterocycles. The number of piperidine rings is 1. The van der Waals surface area contributed by atoms with Crippen molar-refractivity contribution in [3.05, 3.63) is 30.0 Å². The third kappa shape index (κ3) is 2.47. The molecule has 2 aromatic rings. The van der Waals surface area contributed by atoms with Crippen LogP contribution in [0.1, 0.15) is 38.7 Å². The van der Waals surface area contributed by atoms with Crippen molar-refractivity contribution in [3.8, 4) is 5.75 Å². The molecular weight excluding hydrogens is 276 g/mol. The van der Waals surface area contributed by atoms with Crippen molar-refractivity contribution in [2.75, 3.05) is 20.2 Å². The van der Waals surface area contributed by atoms with Crippen LogP contribution in [0.15, 0.2) is 24.4 Å². The van der Waals surface area contributed by atoms with Crippen LogP contribution < -0.4 is 4.74 Å². The van der Waals surface area contributed by atoms with Gasteiger partial charge < -0.3 is 14.6 Å². The van der Waals surface area contributed by atoms with Gasteiger partial charge in [0, 0.05) is 30.2 Å². The lowest BCUT2D eigenvalue weighted by Gasteiger charge is -2.34. The van der Waals surface area contributed by atoms with Crippen LogP contribution in [0.25, 0.3) is 10.9 Å². The zero-order chi connectivity index (χ0) is 15.7. The van der Waals surface area contributed by atoms with E-state index >= 15 is 0 Å². The van der Waals surface area contributed by atoms with E-state index in [0.29, 0.717) is 0 Å². The molecule has 1 aliphatic rings. The number of likely N-dealkylation sites (tertiary alicyclic amines) is 1. The number of carbonyl (C=O) groups is 1. The van der Waals surface area contributed by atoms with E-state index in [9.17, 15) is 4.79 Å². The number of fused-ring (bicyclic) bond motifs is 1. The summed E-state index contributed by atoms with van der Waals surface area (Å²) >= 11 is 0. The first-order chi connectivity index (χ1) is 10.5. The number of nitrogens with one attached hydrogen (secondary N) is 1. The Labute approximate surface area is 131 Å². The first-order valence-electron chi connectivity index (χ1n) is 7.99. The molecule has 118 valence electrons. The molecule has 0 bridgehead atoms. The molecule has 3 rings (SSSR count). The maximum absolute atomic E-state index is 13.0. The summed E-state index contributed by atoms with van der Waals surface area (Å²) < 4.78 is 5.33. The maximum Gasteiger partial charge on any atom is 0.232 e. The van der Waals surface area contributed by atoms with Gasteiger partial charge >= 0.3 is 0 Å². The van der Waals surface area contributed by atoms with E-state index in [1.165, 1.54) is 6.42 Å². The number of ether oxygens (including phenoxy) is 1. The SMILES string of the molecule is COc1ccc2[nH]cc(C(C)(C)C(=O)N3CCCCC3)c2c1. The van der Waals surface area contributed by atoms with Gasteiger partial charge in [0.05, 0.1) is 12.5 Å². The fourth-order valence-corrected chi connectivity index (χ4v) is 3.35. The number of benzene rings is 1. The van der Waals surface area contributed by atoms with Gasteiger partial charge in [0.15, 0.2) is 0 Å². The standard InChI is InChI=1S/C18H24N2O2/c1-18(2,17(21)20-9-5-4-6-10-20)15-12-19-16-8-7-13(22-3)11-14(15)16/h7-8,11-12,19H,4-6,9-10H2,1-3H3. The number of rotatable bonds is 3. The lowest BCUT2D eigenvalue weighted by atomic mass is 9.82. The average molecular weight is 300 g/mol.